The van der Waals surface area contributed by atoms with Crippen molar-refractivity contribution in [1.82, 2.24) is 5.32 Å². The predicted molar refractivity (Wildman–Crippen MR) is 103 cm³/mol. The molecule has 0 unspecified atom stereocenters. The standard InChI is InChI=1S/C20H24N2O5/c1-23-16-11-14(20-21-7-8-22-20)5-6-15(16)27-12-13-9-17(24-2)19(26-4)18(10-13)25-3/h5-6,9-11H,7-8,12H2,1-4H3,(H,21,22). The summed E-state index contributed by atoms with van der Waals surface area (Å²) in [7, 11) is 6.37. The maximum Gasteiger partial charge on any atom is 0.203 e. The second kappa shape index (κ2) is 8.53. The van der Waals surface area contributed by atoms with Crippen molar-refractivity contribution in [2.75, 3.05) is 41.5 Å². The lowest BCUT2D eigenvalue weighted by Crippen LogP contribution is -2.19. The first-order valence-corrected chi connectivity index (χ1v) is 8.58. The third kappa shape index (κ3) is 4.02. The van der Waals surface area contributed by atoms with Gasteiger partial charge in [0.25, 0.3) is 0 Å². The molecule has 1 aliphatic rings. The molecule has 0 aliphatic carbocycles. The molecule has 0 amide bonds. The molecule has 3 rings (SSSR count). The van der Waals surface area contributed by atoms with E-state index in [0.717, 1.165) is 30.1 Å². The lowest BCUT2D eigenvalue weighted by molar-refractivity contribution is 0.281. The van der Waals surface area contributed by atoms with Gasteiger partial charge in [0.15, 0.2) is 23.0 Å². The summed E-state index contributed by atoms with van der Waals surface area (Å²) < 4.78 is 27.6. The van der Waals surface area contributed by atoms with E-state index in [2.05, 4.69) is 10.3 Å². The van der Waals surface area contributed by atoms with Gasteiger partial charge in [0.1, 0.15) is 12.4 Å². The summed E-state index contributed by atoms with van der Waals surface area (Å²) in [4.78, 5) is 4.43. The molecule has 2 aromatic carbocycles. The summed E-state index contributed by atoms with van der Waals surface area (Å²) in [6.45, 7) is 1.97. The van der Waals surface area contributed by atoms with Crippen LogP contribution in [0.2, 0.25) is 0 Å². The molecule has 7 nitrogen and oxygen atoms in total. The first-order chi connectivity index (χ1) is 13.2. The summed E-state index contributed by atoms with van der Waals surface area (Å²) in [6, 6.07) is 9.49. The van der Waals surface area contributed by atoms with Crippen molar-refractivity contribution in [1.29, 1.82) is 0 Å². The van der Waals surface area contributed by atoms with Crippen LogP contribution in [0.25, 0.3) is 0 Å². The highest BCUT2D eigenvalue weighted by Crippen LogP contribution is 2.38. The van der Waals surface area contributed by atoms with Gasteiger partial charge in [-0.3, -0.25) is 4.99 Å². The van der Waals surface area contributed by atoms with Crippen LogP contribution in [0.5, 0.6) is 28.7 Å². The zero-order valence-electron chi connectivity index (χ0n) is 16.0. The molecule has 0 fully saturated rings. The first-order valence-electron chi connectivity index (χ1n) is 8.58. The summed E-state index contributed by atoms with van der Waals surface area (Å²) in [6.07, 6.45) is 0. The molecule has 27 heavy (non-hydrogen) atoms. The quantitative estimate of drug-likeness (QED) is 0.768. The Morgan fingerprint density at radius 1 is 0.852 bits per heavy atom. The number of benzene rings is 2. The smallest absolute Gasteiger partial charge is 0.203 e. The number of nitrogens with zero attached hydrogens (tertiary/aromatic N) is 1. The molecule has 0 radical (unpaired) electrons. The monoisotopic (exact) mass is 372 g/mol. The van der Waals surface area contributed by atoms with Crippen molar-refractivity contribution in [3.8, 4) is 28.7 Å². The fourth-order valence-electron chi connectivity index (χ4n) is 2.91. The Hall–Kier alpha value is -3.09. The second-order valence-electron chi connectivity index (χ2n) is 5.85. The van der Waals surface area contributed by atoms with Gasteiger partial charge in [-0.2, -0.15) is 0 Å². The minimum absolute atomic E-state index is 0.325. The number of nitrogens with one attached hydrogen (secondary N) is 1. The number of ether oxygens (including phenoxy) is 5. The molecule has 1 heterocycles. The molecule has 7 heteroatoms. The lowest BCUT2D eigenvalue weighted by atomic mass is 10.1. The normalized spacial score (nSPS) is 12.8. The van der Waals surface area contributed by atoms with Gasteiger partial charge in [0.05, 0.1) is 35.0 Å². The minimum atomic E-state index is 0.325. The van der Waals surface area contributed by atoms with Crippen LogP contribution in [0.15, 0.2) is 35.3 Å². The van der Waals surface area contributed by atoms with E-state index in [1.54, 1.807) is 28.4 Å². The summed E-state index contributed by atoms with van der Waals surface area (Å²) in [5.41, 5.74) is 1.86. The largest absolute Gasteiger partial charge is 0.493 e. The average Bonchev–Trinajstić information content (AvgIpc) is 3.26. The molecular formula is C20H24N2O5. The molecule has 0 saturated carbocycles. The number of amidine groups is 1. The number of methoxy groups -OCH3 is 4. The SMILES string of the molecule is COc1cc(C2=NCCN2)ccc1OCc1cc(OC)c(OC)c(OC)c1. The zero-order chi connectivity index (χ0) is 19.2. The Morgan fingerprint density at radius 2 is 1.56 bits per heavy atom. The van der Waals surface area contributed by atoms with Gasteiger partial charge in [-0.1, -0.05) is 0 Å². The van der Waals surface area contributed by atoms with Crippen molar-refractivity contribution < 1.29 is 23.7 Å². The molecule has 2 aromatic rings. The van der Waals surface area contributed by atoms with Crippen LogP contribution >= 0.6 is 0 Å². The Kier molecular flexibility index (Phi) is 5.90. The number of hydrogen-bond donors (Lipinski definition) is 1. The van der Waals surface area contributed by atoms with Crippen LogP contribution in [-0.2, 0) is 6.61 Å². The molecular weight excluding hydrogens is 348 g/mol. The van der Waals surface area contributed by atoms with Crippen molar-refractivity contribution in [2.45, 2.75) is 6.61 Å². The number of aliphatic imine (C=N–C) groups is 1. The van der Waals surface area contributed by atoms with E-state index in [-0.39, 0.29) is 0 Å². The number of hydrogen-bond acceptors (Lipinski definition) is 7. The Morgan fingerprint density at radius 3 is 2.11 bits per heavy atom. The van der Waals surface area contributed by atoms with Crippen LogP contribution in [-0.4, -0.2) is 47.4 Å². The Balaban J connectivity index is 1.80. The van der Waals surface area contributed by atoms with Gasteiger partial charge in [-0.15, -0.1) is 0 Å². The topological polar surface area (TPSA) is 70.5 Å². The third-order valence-electron chi connectivity index (χ3n) is 4.23. The highest BCUT2D eigenvalue weighted by molar-refractivity contribution is 6.00. The predicted octanol–water partition coefficient (Wildman–Crippen LogP) is 2.65. The molecule has 144 valence electrons. The maximum absolute atomic E-state index is 5.97. The van der Waals surface area contributed by atoms with Gasteiger partial charge in [0.2, 0.25) is 5.75 Å². The van der Waals surface area contributed by atoms with Crippen LogP contribution in [0.3, 0.4) is 0 Å². The van der Waals surface area contributed by atoms with E-state index >= 15 is 0 Å². The van der Waals surface area contributed by atoms with E-state index in [1.807, 2.05) is 30.3 Å². The highest BCUT2D eigenvalue weighted by atomic mass is 16.5. The van der Waals surface area contributed by atoms with Crippen LogP contribution in [0.4, 0.5) is 0 Å². The van der Waals surface area contributed by atoms with Crippen LogP contribution < -0.4 is 29.0 Å². The summed E-state index contributed by atoms with van der Waals surface area (Å²) in [5, 5.41) is 3.25. The fourth-order valence-corrected chi connectivity index (χ4v) is 2.91. The van der Waals surface area contributed by atoms with Crippen molar-refractivity contribution in [2.24, 2.45) is 4.99 Å². The van der Waals surface area contributed by atoms with Crippen molar-refractivity contribution in [3.05, 3.63) is 41.5 Å². The minimum Gasteiger partial charge on any atom is -0.493 e. The van der Waals surface area contributed by atoms with Crippen LogP contribution in [0, 0.1) is 0 Å². The van der Waals surface area contributed by atoms with Gasteiger partial charge < -0.3 is 29.0 Å². The van der Waals surface area contributed by atoms with Gasteiger partial charge in [-0.25, -0.2) is 0 Å². The summed E-state index contributed by atoms with van der Waals surface area (Å²) in [5.74, 6) is 3.90. The lowest BCUT2D eigenvalue weighted by Gasteiger charge is -2.16. The Bertz CT molecular complexity index is 810. The highest BCUT2D eigenvalue weighted by Gasteiger charge is 2.15. The third-order valence-corrected chi connectivity index (χ3v) is 4.23. The first kappa shape index (κ1) is 18.7. The van der Waals surface area contributed by atoms with E-state index in [1.165, 1.54) is 0 Å². The molecule has 1 aliphatic heterocycles. The molecule has 0 saturated heterocycles. The molecule has 0 spiro atoms. The van der Waals surface area contributed by atoms with Gasteiger partial charge in [0, 0.05) is 12.1 Å². The van der Waals surface area contributed by atoms with Crippen molar-refractivity contribution >= 4 is 5.84 Å². The van der Waals surface area contributed by atoms with E-state index < -0.39 is 0 Å². The molecule has 0 aromatic heterocycles. The maximum atomic E-state index is 5.97. The van der Waals surface area contributed by atoms with E-state index in [4.69, 9.17) is 23.7 Å². The number of rotatable bonds is 8. The molecule has 0 atom stereocenters. The van der Waals surface area contributed by atoms with Crippen LogP contribution in [0.1, 0.15) is 11.1 Å². The molecule has 1 N–H and O–H groups in total. The van der Waals surface area contributed by atoms with Crippen molar-refractivity contribution in [3.63, 3.8) is 0 Å². The second-order valence-corrected chi connectivity index (χ2v) is 5.85. The zero-order valence-corrected chi connectivity index (χ0v) is 16.0. The fraction of sp³-hybridized carbons (Fsp3) is 0.350. The Labute approximate surface area is 158 Å². The molecule has 0 bridgehead atoms. The van der Waals surface area contributed by atoms with Gasteiger partial charge in [-0.05, 0) is 35.9 Å². The van der Waals surface area contributed by atoms with Gasteiger partial charge >= 0.3 is 0 Å². The summed E-state index contributed by atoms with van der Waals surface area (Å²) >= 11 is 0. The van der Waals surface area contributed by atoms with E-state index in [9.17, 15) is 0 Å². The van der Waals surface area contributed by atoms with E-state index in [0.29, 0.717) is 35.4 Å². The average molecular weight is 372 g/mol.